The van der Waals surface area contributed by atoms with E-state index in [0.29, 0.717) is 0 Å². The van der Waals surface area contributed by atoms with Crippen molar-refractivity contribution in [3.8, 4) is 6.07 Å². The van der Waals surface area contributed by atoms with Gasteiger partial charge in [0, 0.05) is 6.20 Å². The van der Waals surface area contributed by atoms with Crippen molar-refractivity contribution in [2.24, 2.45) is 0 Å². The molecule has 0 atom stereocenters. The smallest absolute Gasteiger partial charge is 0.210 e. The molecular weight excluding hydrogens is 202 g/mol. The lowest BCUT2D eigenvalue weighted by Crippen LogP contribution is -2.09. The van der Waals surface area contributed by atoms with E-state index in [0.717, 1.165) is 18.3 Å². The first-order chi connectivity index (χ1) is 7.15. The summed E-state index contributed by atoms with van der Waals surface area (Å²) >= 11 is 0. The fraction of sp³-hybridized carbons (Fsp3) is 0. The molecule has 1 aromatic heterocycles. The van der Waals surface area contributed by atoms with Gasteiger partial charge in [0.25, 0.3) is 0 Å². The van der Waals surface area contributed by atoms with Crippen LogP contribution in [-0.2, 0) is 0 Å². The highest BCUT2D eigenvalue weighted by Crippen LogP contribution is 2.15. The molecule has 0 aliphatic heterocycles. The van der Waals surface area contributed by atoms with Gasteiger partial charge in [-0.3, -0.25) is 4.79 Å². The summed E-state index contributed by atoms with van der Waals surface area (Å²) in [6.45, 7) is 0. The number of aromatic amines is 1. The van der Waals surface area contributed by atoms with Crippen molar-refractivity contribution >= 4 is 10.9 Å². The molecule has 0 aliphatic carbocycles. The number of nitrogens with one attached hydrogen (secondary N) is 1. The van der Waals surface area contributed by atoms with Gasteiger partial charge in [-0.25, -0.2) is 8.78 Å². The lowest BCUT2D eigenvalue weighted by molar-refractivity contribution is 0.614. The number of H-pyrrole nitrogens is 1. The van der Waals surface area contributed by atoms with E-state index in [1.807, 2.05) is 0 Å². The number of benzene rings is 1. The van der Waals surface area contributed by atoms with Crippen LogP contribution in [0.25, 0.3) is 10.9 Å². The molecule has 0 saturated carbocycles. The van der Waals surface area contributed by atoms with Crippen molar-refractivity contribution in [3.05, 3.63) is 45.8 Å². The lowest BCUT2D eigenvalue weighted by atomic mass is 10.1. The summed E-state index contributed by atoms with van der Waals surface area (Å²) in [6.07, 6.45) is 1.06. The summed E-state index contributed by atoms with van der Waals surface area (Å²) in [5.41, 5.74) is -1.27. The van der Waals surface area contributed by atoms with Gasteiger partial charge in [0.1, 0.15) is 23.3 Å². The molecule has 0 radical (unpaired) electrons. The summed E-state index contributed by atoms with van der Waals surface area (Å²) in [5, 5.41) is 8.13. The second-order valence-electron chi connectivity index (χ2n) is 2.92. The molecule has 15 heavy (non-hydrogen) atoms. The first-order valence-corrected chi connectivity index (χ1v) is 4.04. The second kappa shape index (κ2) is 3.17. The normalized spacial score (nSPS) is 10.2. The zero-order valence-electron chi connectivity index (χ0n) is 7.34. The minimum atomic E-state index is -0.843. The third-order valence-electron chi connectivity index (χ3n) is 2.06. The van der Waals surface area contributed by atoms with Crippen molar-refractivity contribution < 1.29 is 8.78 Å². The predicted molar refractivity (Wildman–Crippen MR) is 49.2 cm³/mol. The van der Waals surface area contributed by atoms with Crippen LogP contribution in [0.1, 0.15) is 5.56 Å². The molecule has 0 unspecified atom stereocenters. The van der Waals surface area contributed by atoms with E-state index >= 15 is 0 Å². The van der Waals surface area contributed by atoms with Gasteiger partial charge in [-0.05, 0) is 12.1 Å². The predicted octanol–water partition coefficient (Wildman–Crippen LogP) is 1.68. The highest BCUT2D eigenvalue weighted by molar-refractivity contribution is 5.80. The Balaban J connectivity index is 3.07. The average molecular weight is 206 g/mol. The van der Waals surface area contributed by atoms with Crippen LogP contribution in [0.2, 0.25) is 0 Å². The zero-order chi connectivity index (χ0) is 11.0. The molecule has 0 spiro atoms. The minimum absolute atomic E-state index is 0.223. The number of halogens is 2. The number of nitriles is 1. The molecule has 2 aromatic rings. The number of nitrogens with zero attached hydrogens (tertiary/aromatic N) is 1. The SMILES string of the molecule is N#Cc1c[nH]c2c(F)ccc(F)c2c1=O. The summed E-state index contributed by atoms with van der Waals surface area (Å²) in [4.78, 5) is 13.9. The number of hydrogen-bond acceptors (Lipinski definition) is 2. The molecule has 1 heterocycles. The van der Waals surface area contributed by atoms with E-state index in [1.54, 1.807) is 6.07 Å². The van der Waals surface area contributed by atoms with Crippen LogP contribution in [0.3, 0.4) is 0 Å². The molecule has 0 aliphatic rings. The van der Waals surface area contributed by atoms with Crippen molar-refractivity contribution in [3.63, 3.8) is 0 Å². The molecule has 5 heteroatoms. The van der Waals surface area contributed by atoms with E-state index in [-0.39, 0.29) is 11.1 Å². The van der Waals surface area contributed by atoms with Gasteiger partial charge >= 0.3 is 0 Å². The Hall–Kier alpha value is -2.22. The van der Waals surface area contributed by atoms with Crippen LogP contribution in [0, 0.1) is 23.0 Å². The lowest BCUT2D eigenvalue weighted by Gasteiger charge is -2.00. The van der Waals surface area contributed by atoms with Gasteiger partial charge in [0.2, 0.25) is 5.43 Å². The number of aromatic nitrogens is 1. The number of rotatable bonds is 0. The summed E-state index contributed by atoms with van der Waals surface area (Å²) in [7, 11) is 0. The molecule has 1 N–H and O–H groups in total. The minimum Gasteiger partial charge on any atom is -0.357 e. The monoisotopic (exact) mass is 206 g/mol. The van der Waals surface area contributed by atoms with Gasteiger partial charge in [-0.2, -0.15) is 5.26 Å². The number of fused-ring (bicyclic) bond motifs is 1. The summed E-state index contributed by atoms with van der Waals surface area (Å²) in [6, 6.07) is 3.37. The van der Waals surface area contributed by atoms with E-state index in [4.69, 9.17) is 5.26 Å². The van der Waals surface area contributed by atoms with Crippen LogP contribution < -0.4 is 5.43 Å². The maximum Gasteiger partial charge on any atom is 0.210 e. The third-order valence-corrected chi connectivity index (χ3v) is 2.06. The van der Waals surface area contributed by atoms with Crippen LogP contribution in [0.15, 0.2) is 23.1 Å². The van der Waals surface area contributed by atoms with E-state index in [1.165, 1.54) is 0 Å². The third kappa shape index (κ3) is 1.27. The van der Waals surface area contributed by atoms with Crippen molar-refractivity contribution in [2.45, 2.75) is 0 Å². The standard InChI is InChI=1S/C10H4F2N2O/c11-6-1-2-7(12)9-8(6)10(15)5(3-13)4-14-9/h1-2,4H,(H,14,15). The van der Waals surface area contributed by atoms with Gasteiger partial charge in [-0.15, -0.1) is 0 Å². The Morgan fingerprint density at radius 3 is 2.60 bits per heavy atom. The molecule has 0 saturated heterocycles. The van der Waals surface area contributed by atoms with E-state index < -0.39 is 22.4 Å². The van der Waals surface area contributed by atoms with Crippen LogP contribution in [-0.4, -0.2) is 4.98 Å². The molecule has 0 fully saturated rings. The van der Waals surface area contributed by atoms with Gasteiger partial charge < -0.3 is 4.98 Å². The largest absolute Gasteiger partial charge is 0.357 e. The average Bonchev–Trinajstić information content (AvgIpc) is 2.23. The molecule has 74 valence electrons. The number of hydrogen-bond donors (Lipinski definition) is 1. The quantitative estimate of drug-likeness (QED) is 0.712. The Labute approximate surface area is 82.6 Å². The summed E-state index contributed by atoms with van der Waals surface area (Å²) in [5.74, 6) is -1.57. The van der Waals surface area contributed by atoms with Gasteiger partial charge in [-0.1, -0.05) is 0 Å². The zero-order valence-corrected chi connectivity index (χ0v) is 7.34. The van der Waals surface area contributed by atoms with Crippen LogP contribution in [0.4, 0.5) is 8.78 Å². The molecule has 2 rings (SSSR count). The number of pyridine rings is 1. The van der Waals surface area contributed by atoms with E-state index in [2.05, 4.69) is 4.98 Å². The second-order valence-corrected chi connectivity index (χ2v) is 2.92. The Morgan fingerprint density at radius 2 is 1.93 bits per heavy atom. The summed E-state index contributed by atoms with van der Waals surface area (Å²) < 4.78 is 26.4. The Bertz CT molecular complexity index is 640. The molecular formula is C10H4F2N2O. The molecule has 3 nitrogen and oxygen atoms in total. The highest BCUT2D eigenvalue weighted by atomic mass is 19.1. The molecule has 0 amide bonds. The van der Waals surface area contributed by atoms with Crippen molar-refractivity contribution in [1.82, 2.24) is 4.98 Å². The fourth-order valence-corrected chi connectivity index (χ4v) is 1.34. The van der Waals surface area contributed by atoms with Crippen LogP contribution >= 0.6 is 0 Å². The van der Waals surface area contributed by atoms with Crippen LogP contribution in [0.5, 0.6) is 0 Å². The first kappa shape index (κ1) is 9.34. The highest BCUT2D eigenvalue weighted by Gasteiger charge is 2.12. The van der Waals surface area contributed by atoms with Gasteiger partial charge in [0.05, 0.1) is 10.9 Å². The maximum atomic E-state index is 13.2. The van der Waals surface area contributed by atoms with Gasteiger partial charge in [0.15, 0.2) is 0 Å². The van der Waals surface area contributed by atoms with E-state index in [9.17, 15) is 13.6 Å². The first-order valence-electron chi connectivity index (χ1n) is 4.04. The van der Waals surface area contributed by atoms with Crippen molar-refractivity contribution in [2.75, 3.05) is 0 Å². The topological polar surface area (TPSA) is 56.6 Å². The van der Waals surface area contributed by atoms with Crippen molar-refractivity contribution in [1.29, 1.82) is 5.26 Å². The molecule has 1 aromatic carbocycles. The molecule has 0 bridgehead atoms. The Kier molecular flexibility index (Phi) is 1.97. The fourth-order valence-electron chi connectivity index (χ4n) is 1.34. The maximum absolute atomic E-state index is 13.2. The Morgan fingerprint density at radius 1 is 1.27 bits per heavy atom.